The highest BCUT2D eigenvalue weighted by Gasteiger charge is 2.27. The number of likely N-dealkylation sites (N-methyl/N-ethyl adjacent to an activating group) is 1. The molecule has 0 aliphatic heterocycles. The van der Waals surface area contributed by atoms with Gasteiger partial charge in [-0.1, -0.05) is 37.3 Å². The van der Waals surface area contributed by atoms with Crippen LogP contribution in [0.5, 0.6) is 0 Å². The van der Waals surface area contributed by atoms with Gasteiger partial charge in [-0.15, -0.1) is 0 Å². The Balaban J connectivity index is 1.55. The molecular weight excluding hydrogens is 356 g/mol. The fraction of sp³-hybridized carbons (Fsp3) is 0.240. The molecule has 2 aromatic carbocycles. The van der Waals surface area contributed by atoms with Crippen molar-refractivity contribution < 1.29 is 0 Å². The van der Waals surface area contributed by atoms with Crippen molar-refractivity contribution >= 4 is 16.7 Å². The lowest BCUT2D eigenvalue weighted by molar-refractivity contribution is 0.661. The Kier molecular flexibility index (Phi) is 4.47. The highest BCUT2D eigenvalue weighted by molar-refractivity contribution is 5.91. The Morgan fingerprint density at radius 1 is 0.966 bits per heavy atom. The molecule has 4 nitrogen and oxygen atoms in total. The van der Waals surface area contributed by atoms with E-state index in [1.54, 1.807) is 6.20 Å². The molecule has 1 atom stereocenters. The van der Waals surface area contributed by atoms with Crippen LogP contribution in [0.3, 0.4) is 0 Å². The molecule has 0 saturated heterocycles. The monoisotopic (exact) mass is 380 g/mol. The third kappa shape index (κ3) is 3.25. The van der Waals surface area contributed by atoms with Gasteiger partial charge in [0.2, 0.25) is 0 Å². The summed E-state index contributed by atoms with van der Waals surface area (Å²) < 4.78 is 0. The topological polar surface area (TPSA) is 41.9 Å². The predicted molar refractivity (Wildman–Crippen MR) is 118 cm³/mol. The first-order chi connectivity index (χ1) is 14.2. The summed E-state index contributed by atoms with van der Waals surface area (Å²) in [6.07, 6.45) is 6.79. The van der Waals surface area contributed by atoms with Crippen LogP contribution < -0.4 is 4.90 Å². The molecule has 2 heterocycles. The zero-order valence-corrected chi connectivity index (χ0v) is 16.8. The molecule has 2 aromatic heterocycles. The van der Waals surface area contributed by atoms with Gasteiger partial charge in [0.15, 0.2) is 5.82 Å². The van der Waals surface area contributed by atoms with Crippen LogP contribution in [-0.4, -0.2) is 28.0 Å². The van der Waals surface area contributed by atoms with E-state index in [4.69, 9.17) is 9.97 Å². The summed E-state index contributed by atoms with van der Waals surface area (Å²) in [5.41, 5.74) is 6.26. The number of aryl methyl sites for hydroxylation is 1. The lowest BCUT2D eigenvalue weighted by atomic mass is 10.1. The molecule has 4 heteroatoms. The van der Waals surface area contributed by atoms with Crippen LogP contribution in [0.2, 0.25) is 0 Å². The number of benzene rings is 2. The van der Waals surface area contributed by atoms with E-state index in [0.29, 0.717) is 6.04 Å². The van der Waals surface area contributed by atoms with Crippen molar-refractivity contribution in [2.24, 2.45) is 0 Å². The van der Waals surface area contributed by atoms with E-state index in [2.05, 4.69) is 60.3 Å². The molecule has 0 spiro atoms. The average Bonchev–Trinajstić information content (AvgIpc) is 3.21. The second-order valence-corrected chi connectivity index (χ2v) is 7.76. The number of hydrogen-bond donors (Lipinski definition) is 0. The van der Waals surface area contributed by atoms with Gasteiger partial charge in [0, 0.05) is 36.4 Å². The fourth-order valence-electron chi connectivity index (χ4n) is 4.27. The normalized spacial score (nSPS) is 15.4. The maximum atomic E-state index is 4.99. The maximum Gasteiger partial charge on any atom is 0.163 e. The number of anilines is 1. The van der Waals surface area contributed by atoms with Gasteiger partial charge in [0.05, 0.1) is 5.52 Å². The number of pyridine rings is 1. The molecule has 5 rings (SSSR count). The first kappa shape index (κ1) is 17.8. The summed E-state index contributed by atoms with van der Waals surface area (Å²) in [6, 6.07) is 19.6. The van der Waals surface area contributed by atoms with Gasteiger partial charge in [0.25, 0.3) is 0 Å². The molecule has 0 amide bonds. The van der Waals surface area contributed by atoms with E-state index in [1.165, 1.54) is 16.7 Å². The third-order valence-corrected chi connectivity index (χ3v) is 5.97. The Bertz CT molecular complexity index is 1170. The number of para-hydroxylation sites is 1. The van der Waals surface area contributed by atoms with Crippen LogP contribution >= 0.6 is 0 Å². The standard InChI is InChI=1S/C25H24N4/c1-3-17-10-11-18-14-21(15-20(18)13-17)29(2)25-22-8-4-5-9-23(22)27-24(28-25)19-7-6-12-26-16-19/h4-13,16,21H,3,14-15H2,1-2H3. The maximum absolute atomic E-state index is 4.99. The Hall–Kier alpha value is -3.27. The van der Waals surface area contributed by atoms with E-state index < -0.39 is 0 Å². The summed E-state index contributed by atoms with van der Waals surface area (Å²) in [7, 11) is 2.17. The van der Waals surface area contributed by atoms with Gasteiger partial charge in [-0.2, -0.15) is 0 Å². The molecular formula is C25H24N4. The molecule has 144 valence electrons. The van der Waals surface area contributed by atoms with E-state index in [1.807, 2.05) is 24.4 Å². The number of hydrogen-bond acceptors (Lipinski definition) is 4. The molecule has 0 saturated carbocycles. The summed E-state index contributed by atoms with van der Waals surface area (Å²) in [5.74, 6) is 1.71. The molecule has 1 unspecified atom stereocenters. The molecule has 1 aliphatic rings. The predicted octanol–water partition coefficient (Wildman–Crippen LogP) is 4.86. The van der Waals surface area contributed by atoms with Crippen LogP contribution in [0.15, 0.2) is 67.0 Å². The van der Waals surface area contributed by atoms with Crippen LogP contribution in [-0.2, 0) is 19.3 Å². The summed E-state index contributed by atoms with van der Waals surface area (Å²) in [6.45, 7) is 2.22. The number of fused-ring (bicyclic) bond motifs is 2. The quantitative estimate of drug-likeness (QED) is 0.507. The van der Waals surface area contributed by atoms with Gasteiger partial charge >= 0.3 is 0 Å². The highest BCUT2D eigenvalue weighted by atomic mass is 15.2. The van der Waals surface area contributed by atoms with Crippen molar-refractivity contribution in [2.45, 2.75) is 32.2 Å². The zero-order chi connectivity index (χ0) is 19.8. The van der Waals surface area contributed by atoms with E-state index in [0.717, 1.165) is 47.4 Å². The minimum absolute atomic E-state index is 0.400. The van der Waals surface area contributed by atoms with Crippen molar-refractivity contribution in [1.29, 1.82) is 0 Å². The molecule has 29 heavy (non-hydrogen) atoms. The zero-order valence-electron chi connectivity index (χ0n) is 16.8. The summed E-state index contributed by atoms with van der Waals surface area (Å²) in [4.78, 5) is 16.4. The molecule has 0 N–H and O–H groups in total. The van der Waals surface area contributed by atoms with Crippen LogP contribution in [0, 0.1) is 0 Å². The second kappa shape index (κ2) is 7.28. The third-order valence-electron chi connectivity index (χ3n) is 5.97. The number of rotatable bonds is 4. The van der Waals surface area contributed by atoms with Gasteiger partial charge < -0.3 is 4.90 Å². The van der Waals surface area contributed by atoms with Crippen LogP contribution in [0.4, 0.5) is 5.82 Å². The van der Waals surface area contributed by atoms with Crippen molar-refractivity contribution in [1.82, 2.24) is 15.0 Å². The van der Waals surface area contributed by atoms with Crippen molar-refractivity contribution in [3.63, 3.8) is 0 Å². The lowest BCUT2D eigenvalue weighted by Crippen LogP contribution is -2.33. The highest BCUT2D eigenvalue weighted by Crippen LogP contribution is 2.32. The largest absolute Gasteiger partial charge is 0.355 e. The van der Waals surface area contributed by atoms with Gasteiger partial charge in [-0.05, 0) is 60.2 Å². The van der Waals surface area contributed by atoms with E-state index >= 15 is 0 Å². The van der Waals surface area contributed by atoms with Gasteiger partial charge in [-0.25, -0.2) is 9.97 Å². The SMILES string of the molecule is CCc1ccc2c(c1)CC(N(C)c1nc(-c3cccnc3)nc3ccccc13)C2. The van der Waals surface area contributed by atoms with Crippen molar-refractivity contribution in [2.75, 3.05) is 11.9 Å². The number of aromatic nitrogens is 3. The first-order valence-corrected chi connectivity index (χ1v) is 10.2. The van der Waals surface area contributed by atoms with Gasteiger partial charge in [0.1, 0.15) is 5.82 Å². The lowest BCUT2D eigenvalue weighted by Gasteiger charge is -2.27. The number of nitrogens with zero attached hydrogens (tertiary/aromatic N) is 4. The summed E-state index contributed by atoms with van der Waals surface area (Å²) >= 11 is 0. The minimum atomic E-state index is 0.400. The van der Waals surface area contributed by atoms with E-state index in [9.17, 15) is 0 Å². The van der Waals surface area contributed by atoms with E-state index in [-0.39, 0.29) is 0 Å². The molecule has 1 aliphatic carbocycles. The Morgan fingerprint density at radius 2 is 1.83 bits per heavy atom. The molecule has 0 fully saturated rings. The summed E-state index contributed by atoms with van der Waals surface area (Å²) in [5, 5.41) is 1.09. The molecule has 0 radical (unpaired) electrons. The smallest absolute Gasteiger partial charge is 0.163 e. The van der Waals surface area contributed by atoms with Crippen molar-refractivity contribution in [3.05, 3.63) is 83.7 Å². The second-order valence-electron chi connectivity index (χ2n) is 7.76. The first-order valence-electron chi connectivity index (χ1n) is 10.2. The Morgan fingerprint density at radius 3 is 2.66 bits per heavy atom. The average molecular weight is 380 g/mol. The fourth-order valence-corrected chi connectivity index (χ4v) is 4.27. The van der Waals surface area contributed by atoms with Crippen LogP contribution in [0.25, 0.3) is 22.3 Å². The Labute approximate surface area is 171 Å². The minimum Gasteiger partial charge on any atom is -0.355 e. The van der Waals surface area contributed by atoms with Crippen LogP contribution in [0.1, 0.15) is 23.6 Å². The van der Waals surface area contributed by atoms with Gasteiger partial charge in [-0.3, -0.25) is 4.98 Å². The van der Waals surface area contributed by atoms with Crippen molar-refractivity contribution in [3.8, 4) is 11.4 Å². The molecule has 4 aromatic rings. The molecule has 0 bridgehead atoms.